The average molecular weight is 556 g/mol. The van der Waals surface area contributed by atoms with Crippen molar-refractivity contribution in [3.05, 3.63) is 81.3 Å². The lowest BCUT2D eigenvalue weighted by Gasteiger charge is -2.17. The number of nitrogens with one attached hydrogen (secondary N) is 1. The van der Waals surface area contributed by atoms with Crippen molar-refractivity contribution < 1.29 is 26.0 Å². The number of fused-ring (bicyclic) bond motifs is 1. The van der Waals surface area contributed by atoms with Crippen LogP contribution in [0.2, 0.25) is 0 Å². The Kier molecular flexibility index (Phi) is 6.30. The number of halogens is 4. The molecular formula is C22H17BrF3N3O4S. The number of anilines is 1. The van der Waals surface area contributed by atoms with Gasteiger partial charge in [-0.3, -0.25) is 9.52 Å². The fraction of sp³-hybridized carbons (Fsp3) is 0.182. The Morgan fingerprint density at radius 2 is 1.85 bits per heavy atom. The summed E-state index contributed by atoms with van der Waals surface area (Å²) in [6.07, 6.45) is 5.02. The largest absolute Gasteiger partial charge is 0.516 e. The second-order valence-corrected chi connectivity index (χ2v) is 9.78. The molecule has 4 rings (SSSR count). The average Bonchev–Trinajstić information content (AvgIpc) is 3.06. The summed E-state index contributed by atoms with van der Waals surface area (Å²) >= 11 is 3.52. The van der Waals surface area contributed by atoms with Crippen LogP contribution in [0.1, 0.15) is 18.3 Å². The van der Waals surface area contributed by atoms with Crippen LogP contribution < -0.4 is 10.3 Å². The van der Waals surface area contributed by atoms with E-state index in [1.165, 1.54) is 36.8 Å². The normalized spacial score (nSPS) is 12.3. The maximum Gasteiger partial charge on any atom is 0.516 e. The molecule has 0 amide bonds. The number of benzene rings is 1. The zero-order valence-corrected chi connectivity index (χ0v) is 20.0. The van der Waals surface area contributed by atoms with Crippen LogP contribution in [0.15, 0.2) is 68.8 Å². The molecule has 0 atom stereocenters. The SMILES string of the molecule is CCc1nc(=O)ccn1Cc1c2ccocc-2c(Br)c1-c1ccccc1NS(=O)(=O)C(F)(F)F. The maximum atomic E-state index is 13.1. The molecule has 0 spiro atoms. The number of nitrogens with zero attached hydrogens (tertiary/aromatic N) is 2. The van der Waals surface area contributed by atoms with Gasteiger partial charge in [0.2, 0.25) is 0 Å². The van der Waals surface area contributed by atoms with Gasteiger partial charge in [0.25, 0.3) is 5.56 Å². The number of hydrogen-bond donors (Lipinski definition) is 1. The van der Waals surface area contributed by atoms with Gasteiger partial charge in [0.15, 0.2) is 0 Å². The van der Waals surface area contributed by atoms with E-state index in [4.69, 9.17) is 4.42 Å². The molecule has 2 heterocycles. The van der Waals surface area contributed by atoms with Crippen LogP contribution in [0.4, 0.5) is 18.9 Å². The van der Waals surface area contributed by atoms with Gasteiger partial charge in [-0.15, -0.1) is 0 Å². The van der Waals surface area contributed by atoms with Gasteiger partial charge in [-0.1, -0.05) is 25.1 Å². The standard InChI is InChI=1S/C22H17BrF3N3O4S/c1-2-18-27-19(30)7-9-29(18)11-15-13-8-10-33-12-16(13)21(23)20(15)14-5-3-4-6-17(14)28-34(31,32)22(24,25)26/h3-10,12,28H,2,11H2,1H3. The summed E-state index contributed by atoms with van der Waals surface area (Å²) in [7, 11) is -5.65. The van der Waals surface area contributed by atoms with Gasteiger partial charge < -0.3 is 8.98 Å². The molecule has 1 N–H and O–H groups in total. The minimum absolute atomic E-state index is 0.220. The number of sulfonamides is 1. The van der Waals surface area contributed by atoms with Crippen molar-refractivity contribution in [2.75, 3.05) is 4.72 Å². The predicted octanol–water partition coefficient (Wildman–Crippen LogP) is 5.24. The molecule has 1 aliphatic heterocycles. The van der Waals surface area contributed by atoms with E-state index < -0.39 is 15.5 Å². The first kappa shape index (κ1) is 24.0. The lowest BCUT2D eigenvalue weighted by atomic mass is 10.0. The molecular weight excluding hydrogens is 539 g/mol. The molecule has 0 saturated carbocycles. The van der Waals surface area contributed by atoms with Crippen LogP contribution in [-0.4, -0.2) is 23.5 Å². The summed E-state index contributed by atoms with van der Waals surface area (Å²) in [5.41, 5.74) is -3.31. The Labute approximate surface area is 200 Å². The van der Waals surface area contributed by atoms with Crippen LogP contribution in [0.25, 0.3) is 22.3 Å². The van der Waals surface area contributed by atoms with E-state index in [1.54, 1.807) is 27.6 Å². The molecule has 2 aliphatic rings. The Balaban J connectivity index is 1.95. The lowest BCUT2D eigenvalue weighted by Crippen LogP contribution is -2.30. The van der Waals surface area contributed by atoms with Crippen LogP contribution in [-0.2, 0) is 23.0 Å². The summed E-state index contributed by atoms with van der Waals surface area (Å²) in [5.74, 6) is 0.524. The van der Waals surface area contributed by atoms with Crippen LogP contribution in [0, 0.1) is 0 Å². The van der Waals surface area contributed by atoms with E-state index in [9.17, 15) is 26.4 Å². The molecule has 1 aromatic carbocycles. The van der Waals surface area contributed by atoms with Crippen LogP contribution in [0.3, 0.4) is 0 Å². The van der Waals surface area contributed by atoms with Gasteiger partial charge in [-0.2, -0.15) is 26.6 Å². The fourth-order valence-electron chi connectivity index (χ4n) is 3.71. The van der Waals surface area contributed by atoms with Gasteiger partial charge in [-0.05, 0) is 39.2 Å². The van der Waals surface area contributed by atoms with Crippen molar-refractivity contribution in [3.63, 3.8) is 0 Å². The molecule has 0 fully saturated rings. The summed E-state index contributed by atoms with van der Waals surface area (Å²) in [6, 6.07) is 8.85. The molecule has 178 valence electrons. The van der Waals surface area contributed by atoms with Crippen molar-refractivity contribution in [1.82, 2.24) is 9.55 Å². The van der Waals surface area contributed by atoms with Gasteiger partial charge in [-0.25, -0.2) is 0 Å². The number of para-hydroxylation sites is 1. The lowest BCUT2D eigenvalue weighted by molar-refractivity contribution is -0.0429. The van der Waals surface area contributed by atoms with Gasteiger partial charge >= 0.3 is 15.5 Å². The second-order valence-electron chi connectivity index (χ2n) is 7.31. The molecule has 34 heavy (non-hydrogen) atoms. The predicted molar refractivity (Wildman–Crippen MR) is 124 cm³/mol. The molecule has 0 radical (unpaired) electrons. The van der Waals surface area contributed by atoms with Gasteiger partial charge in [0.1, 0.15) is 5.82 Å². The molecule has 0 saturated heterocycles. The highest BCUT2D eigenvalue weighted by atomic mass is 79.9. The first-order chi connectivity index (χ1) is 16.0. The Bertz CT molecular complexity index is 1500. The van der Waals surface area contributed by atoms with E-state index in [0.717, 1.165) is 5.56 Å². The van der Waals surface area contributed by atoms with Crippen molar-refractivity contribution in [3.8, 4) is 22.3 Å². The zero-order valence-electron chi connectivity index (χ0n) is 17.6. The van der Waals surface area contributed by atoms with E-state index in [-0.39, 0.29) is 23.4 Å². The van der Waals surface area contributed by atoms with Gasteiger partial charge in [0.05, 0.1) is 18.2 Å². The summed E-state index contributed by atoms with van der Waals surface area (Å²) in [4.78, 5) is 15.7. The molecule has 7 nitrogen and oxygen atoms in total. The van der Waals surface area contributed by atoms with E-state index in [2.05, 4.69) is 20.9 Å². The first-order valence-electron chi connectivity index (χ1n) is 9.94. The number of alkyl halides is 3. The van der Waals surface area contributed by atoms with Crippen molar-refractivity contribution >= 4 is 31.6 Å². The van der Waals surface area contributed by atoms with Crippen molar-refractivity contribution in [2.45, 2.75) is 25.4 Å². The summed E-state index contributed by atoms with van der Waals surface area (Å²) < 4.78 is 72.2. The summed E-state index contributed by atoms with van der Waals surface area (Å²) in [6.45, 7) is 2.07. The van der Waals surface area contributed by atoms with E-state index in [1.807, 2.05) is 6.92 Å². The highest BCUT2D eigenvalue weighted by Gasteiger charge is 2.46. The molecule has 12 heteroatoms. The maximum absolute atomic E-state index is 13.1. The highest BCUT2D eigenvalue weighted by molar-refractivity contribution is 9.10. The molecule has 2 aromatic rings. The quantitative estimate of drug-likeness (QED) is 0.351. The number of hydrogen-bond acceptors (Lipinski definition) is 5. The van der Waals surface area contributed by atoms with Crippen LogP contribution >= 0.6 is 15.9 Å². The third-order valence-electron chi connectivity index (χ3n) is 5.23. The summed E-state index contributed by atoms with van der Waals surface area (Å²) in [5, 5.41) is 0. The monoisotopic (exact) mass is 555 g/mol. The topological polar surface area (TPSA) is 94.2 Å². The molecule has 0 unspecified atom stereocenters. The smallest absolute Gasteiger partial charge is 0.472 e. The van der Waals surface area contributed by atoms with Crippen molar-refractivity contribution in [2.24, 2.45) is 0 Å². The minimum Gasteiger partial charge on any atom is -0.472 e. The molecule has 1 aromatic heterocycles. The number of rotatable bonds is 6. The van der Waals surface area contributed by atoms with Gasteiger partial charge in [0, 0.05) is 46.4 Å². The fourth-order valence-corrected chi connectivity index (χ4v) is 5.05. The highest BCUT2D eigenvalue weighted by Crippen LogP contribution is 2.48. The number of aromatic nitrogens is 2. The molecule has 1 aliphatic carbocycles. The van der Waals surface area contributed by atoms with E-state index >= 15 is 0 Å². The Morgan fingerprint density at radius 3 is 2.56 bits per heavy atom. The Morgan fingerprint density at radius 1 is 1.12 bits per heavy atom. The third kappa shape index (κ3) is 4.34. The van der Waals surface area contributed by atoms with E-state index in [0.29, 0.717) is 33.4 Å². The minimum atomic E-state index is -5.65. The van der Waals surface area contributed by atoms with Crippen LogP contribution in [0.5, 0.6) is 0 Å². The van der Waals surface area contributed by atoms with Crippen molar-refractivity contribution in [1.29, 1.82) is 0 Å². The number of aryl methyl sites for hydroxylation is 1. The first-order valence-corrected chi connectivity index (χ1v) is 12.2. The Hall–Kier alpha value is -3.12. The third-order valence-corrected chi connectivity index (χ3v) is 7.15. The zero-order chi connectivity index (χ0) is 24.7. The molecule has 0 bridgehead atoms. The second kappa shape index (κ2) is 8.91.